The average molecular weight is 328 g/mol. The zero-order chi connectivity index (χ0) is 16.9. The van der Waals surface area contributed by atoms with Crippen LogP contribution in [0.15, 0.2) is 4.99 Å². The van der Waals surface area contributed by atoms with Crippen LogP contribution in [-0.2, 0) is 4.74 Å². The van der Waals surface area contributed by atoms with Crippen molar-refractivity contribution in [2.24, 2.45) is 4.99 Å². The highest BCUT2D eigenvalue weighted by Gasteiger charge is 2.16. The van der Waals surface area contributed by atoms with E-state index in [1.54, 1.807) is 0 Å². The second kappa shape index (κ2) is 12.6. The van der Waals surface area contributed by atoms with Gasteiger partial charge in [-0.05, 0) is 33.4 Å². The van der Waals surface area contributed by atoms with Gasteiger partial charge in [-0.15, -0.1) is 0 Å². The maximum absolute atomic E-state index is 5.41. The van der Waals surface area contributed by atoms with Gasteiger partial charge in [0.05, 0.1) is 19.8 Å². The highest BCUT2D eigenvalue weighted by molar-refractivity contribution is 5.79. The summed E-state index contributed by atoms with van der Waals surface area (Å²) < 4.78 is 5.41. The summed E-state index contributed by atoms with van der Waals surface area (Å²) in [6, 6.07) is 0.460. The molecule has 1 heterocycles. The van der Waals surface area contributed by atoms with Gasteiger partial charge in [0, 0.05) is 38.8 Å². The Labute approximate surface area is 142 Å². The molecule has 1 rings (SSSR count). The summed E-state index contributed by atoms with van der Waals surface area (Å²) in [4.78, 5) is 9.67. The standard InChI is InChI=1S/C17H37N5O/c1-5-9-21(7-3)10-8-19-17(18-6-2)20-15-16(4)22-11-13-23-14-12-22/h16H,5-15H2,1-4H3,(H2,18,19,20). The van der Waals surface area contributed by atoms with Gasteiger partial charge in [0.15, 0.2) is 5.96 Å². The van der Waals surface area contributed by atoms with Crippen LogP contribution in [-0.4, -0.2) is 87.4 Å². The number of guanidine groups is 1. The van der Waals surface area contributed by atoms with E-state index in [-0.39, 0.29) is 0 Å². The third-order valence-electron chi connectivity index (χ3n) is 4.23. The predicted molar refractivity (Wildman–Crippen MR) is 98.2 cm³/mol. The van der Waals surface area contributed by atoms with Crippen molar-refractivity contribution in [2.45, 2.75) is 40.2 Å². The molecule has 1 fully saturated rings. The SMILES string of the molecule is CCCN(CC)CCNC(=NCC(C)N1CCOCC1)NCC. The molecule has 0 aromatic carbocycles. The van der Waals surface area contributed by atoms with Crippen molar-refractivity contribution in [2.75, 3.05) is 65.6 Å². The first kappa shape index (κ1) is 20.2. The first-order valence-electron chi connectivity index (χ1n) is 9.27. The molecule has 0 aliphatic carbocycles. The average Bonchev–Trinajstić information content (AvgIpc) is 2.59. The lowest BCUT2D eigenvalue weighted by Gasteiger charge is -2.31. The predicted octanol–water partition coefficient (Wildman–Crippen LogP) is 0.994. The molecule has 0 amide bonds. The van der Waals surface area contributed by atoms with E-state index in [0.29, 0.717) is 6.04 Å². The second-order valence-corrected chi connectivity index (χ2v) is 6.08. The number of morpholine rings is 1. The van der Waals surface area contributed by atoms with Gasteiger partial charge < -0.3 is 20.3 Å². The summed E-state index contributed by atoms with van der Waals surface area (Å²) in [7, 11) is 0. The van der Waals surface area contributed by atoms with Gasteiger partial charge in [-0.1, -0.05) is 13.8 Å². The molecule has 6 nitrogen and oxygen atoms in total. The van der Waals surface area contributed by atoms with Crippen LogP contribution in [0.25, 0.3) is 0 Å². The molecule has 0 spiro atoms. The molecular weight excluding hydrogens is 290 g/mol. The topological polar surface area (TPSA) is 52.1 Å². The summed E-state index contributed by atoms with van der Waals surface area (Å²) in [6.45, 7) is 18.5. The van der Waals surface area contributed by atoms with Crippen molar-refractivity contribution in [3.05, 3.63) is 0 Å². The van der Waals surface area contributed by atoms with Crippen molar-refractivity contribution >= 4 is 5.96 Å². The van der Waals surface area contributed by atoms with Crippen molar-refractivity contribution in [1.29, 1.82) is 0 Å². The van der Waals surface area contributed by atoms with Gasteiger partial charge in [-0.3, -0.25) is 9.89 Å². The Morgan fingerprint density at radius 2 is 1.91 bits per heavy atom. The molecule has 1 saturated heterocycles. The molecule has 1 aliphatic heterocycles. The fraction of sp³-hybridized carbons (Fsp3) is 0.941. The molecule has 0 saturated carbocycles. The van der Waals surface area contributed by atoms with Gasteiger partial charge in [-0.2, -0.15) is 0 Å². The van der Waals surface area contributed by atoms with Crippen LogP contribution < -0.4 is 10.6 Å². The smallest absolute Gasteiger partial charge is 0.191 e. The van der Waals surface area contributed by atoms with E-state index in [0.717, 1.165) is 65.0 Å². The number of aliphatic imine (C=N–C) groups is 1. The summed E-state index contributed by atoms with van der Waals surface area (Å²) in [5.74, 6) is 0.931. The maximum Gasteiger partial charge on any atom is 0.191 e. The Kier molecular flexibility index (Phi) is 11.0. The van der Waals surface area contributed by atoms with E-state index in [1.165, 1.54) is 13.0 Å². The van der Waals surface area contributed by atoms with Gasteiger partial charge in [0.2, 0.25) is 0 Å². The Hall–Kier alpha value is -0.850. The van der Waals surface area contributed by atoms with Gasteiger partial charge in [0.25, 0.3) is 0 Å². The third kappa shape index (κ3) is 8.53. The number of ether oxygens (including phenoxy) is 1. The van der Waals surface area contributed by atoms with Gasteiger partial charge in [0.1, 0.15) is 0 Å². The summed E-state index contributed by atoms with van der Waals surface area (Å²) in [5.41, 5.74) is 0. The monoisotopic (exact) mass is 327 g/mol. The minimum Gasteiger partial charge on any atom is -0.379 e. The van der Waals surface area contributed by atoms with Crippen LogP contribution in [0.1, 0.15) is 34.1 Å². The fourth-order valence-corrected chi connectivity index (χ4v) is 2.78. The minimum atomic E-state index is 0.460. The molecule has 0 aromatic heterocycles. The highest BCUT2D eigenvalue weighted by Crippen LogP contribution is 2.03. The van der Waals surface area contributed by atoms with Gasteiger partial charge in [-0.25, -0.2) is 0 Å². The van der Waals surface area contributed by atoms with E-state index >= 15 is 0 Å². The van der Waals surface area contributed by atoms with Crippen molar-refractivity contribution in [1.82, 2.24) is 20.4 Å². The van der Waals surface area contributed by atoms with Crippen LogP contribution in [0, 0.1) is 0 Å². The van der Waals surface area contributed by atoms with Crippen LogP contribution >= 0.6 is 0 Å². The molecule has 1 unspecified atom stereocenters. The number of hydrogen-bond acceptors (Lipinski definition) is 4. The van der Waals surface area contributed by atoms with E-state index < -0.39 is 0 Å². The van der Waals surface area contributed by atoms with Crippen LogP contribution in [0.2, 0.25) is 0 Å². The number of rotatable bonds is 10. The molecule has 1 aliphatic rings. The van der Waals surface area contributed by atoms with Crippen LogP contribution in [0.4, 0.5) is 0 Å². The van der Waals surface area contributed by atoms with Gasteiger partial charge >= 0.3 is 0 Å². The lowest BCUT2D eigenvalue weighted by molar-refractivity contribution is 0.0220. The molecule has 6 heteroatoms. The van der Waals surface area contributed by atoms with E-state index in [9.17, 15) is 0 Å². The number of nitrogens with one attached hydrogen (secondary N) is 2. The molecule has 0 bridgehead atoms. The normalized spacial score (nSPS) is 18.2. The first-order valence-corrected chi connectivity index (χ1v) is 9.27. The van der Waals surface area contributed by atoms with Crippen molar-refractivity contribution in [3.8, 4) is 0 Å². The molecule has 0 radical (unpaired) electrons. The summed E-state index contributed by atoms with van der Waals surface area (Å²) in [6.07, 6.45) is 1.21. The number of hydrogen-bond donors (Lipinski definition) is 2. The van der Waals surface area contributed by atoms with Crippen LogP contribution in [0.5, 0.6) is 0 Å². The second-order valence-electron chi connectivity index (χ2n) is 6.08. The minimum absolute atomic E-state index is 0.460. The van der Waals surface area contributed by atoms with E-state index in [2.05, 4.69) is 48.1 Å². The zero-order valence-electron chi connectivity index (χ0n) is 15.6. The Morgan fingerprint density at radius 3 is 2.52 bits per heavy atom. The number of nitrogens with zero attached hydrogens (tertiary/aromatic N) is 3. The van der Waals surface area contributed by atoms with E-state index in [1.807, 2.05) is 0 Å². The van der Waals surface area contributed by atoms with Crippen molar-refractivity contribution < 1.29 is 4.74 Å². The largest absolute Gasteiger partial charge is 0.379 e. The summed E-state index contributed by atoms with van der Waals surface area (Å²) in [5, 5.41) is 6.80. The van der Waals surface area contributed by atoms with Crippen molar-refractivity contribution in [3.63, 3.8) is 0 Å². The molecular formula is C17H37N5O. The quantitative estimate of drug-likeness (QED) is 0.463. The first-order chi connectivity index (χ1) is 11.2. The molecule has 1 atom stereocenters. The third-order valence-corrected chi connectivity index (χ3v) is 4.23. The lowest BCUT2D eigenvalue weighted by Crippen LogP contribution is -2.45. The van der Waals surface area contributed by atoms with Crippen LogP contribution in [0.3, 0.4) is 0 Å². The summed E-state index contributed by atoms with van der Waals surface area (Å²) >= 11 is 0. The fourth-order valence-electron chi connectivity index (χ4n) is 2.78. The molecule has 2 N–H and O–H groups in total. The molecule has 23 heavy (non-hydrogen) atoms. The lowest BCUT2D eigenvalue weighted by atomic mass is 10.2. The Morgan fingerprint density at radius 1 is 1.17 bits per heavy atom. The Balaban J connectivity index is 2.36. The zero-order valence-corrected chi connectivity index (χ0v) is 15.6. The molecule has 136 valence electrons. The highest BCUT2D eigenvalue weighted by atomic mass is 16.5. The molecule has 0 aromatic rings. The Bertz CT molecular complexity index is 318. The number of likely N-dealkylation sites (N-methyl/N-ethyl adjacent to an activating group) is 1. The maximum atomic E-state index is 5.41. The van der Waals surface area contributed by atoms with E-state index in [4.69, 9.17) is 9.73 Å².